The topological polar surface area (TPSA) is 29.5 Å². The lowest BCUT2D eigenvalue weighted by Gasteiger charge is -2.24. The number of thioether (sulfide) groups is 1. The average molecular weight is 289 g/mol. The van der Waals surface area contributed by atoms with E-state index in [1.54, 1.807) is 18.9 Å². The van der Waals surface area contributed by atoms with Crippen molar-refractivity contribution in [1.82, 2.24) is 0 Å². The van der Waals surface area contributed by atoms with Gasteiger partial charge in [0.1, 0.15) is 0 Å². The third kappa shape index (κ3) is 6.10. The molecule has 0 aliphatic carbocycles. The van der Waals surface area contributed by atoms with Crippen LogP contribution in [0.5, 0.6) is 0 Å². The van der Waals surface area contributed by atoms with E-state index in [0.29, 0.717) is 5.75 Å². The molecule has 1 aromatic carbocycles. The molecule has 18 heavy (non-hydrogen) atoms. The molecule has 2 nitrogen and oxygen atoms in total. The first-order valence-electron chi connectivity index (χ1n) is 6.04. The van der Waals surface area contributed by atoms with E-state index in [9.17, 15) is 5.11 Å². The highest BCUT2D eigenvalue weighted by molar-refractivity contribution is 7.99. The van der Waals surface area contributed by atoms with Gasteiger partial charge in [0, 0.05) is 22.8 Å². The van der Waals surface area contributed by atoms with Crippen molar-refractivity contribution in [2.75, 3.05) is 12.9 Å². The molecular weight excluding hydrogens is 268 g/mol. The van der Waals surface area contributed by atoms with Gasteiger partial charge in [-0.25, -0.2) is 0 Å². The van der Waals surface area contributed by atoms with Gasteiger partial charge in [-0.1, -0.05) is 11.6 Å². The summed E-state index contributed by atoms with van der Waals surface area (Å²) < 4.78 is 5.33. The van der Waals surface area contributed by atoms with Crippen molar-refractivity contribution in [3.63, 3.8) is 0 Å². The maximum atomic E-state index is 9.92. The van der Waals surface area contributed by atoms with E-state index in [0.717, 1.165) is 22.8 Å². The molecule has 0 amide bonds. The van der Waals surface area contributed by atoms with Gasteiger partial charge in [-0.15, -0.1) is 11.8 Å². The Labute approximate surface area is 119 Å². The Balaban J connectivity index is 2.29. The van der Waals surface area contributed by atoms with Crippen molar-refractivity contribution in [3.05, 3.63) is 29.3 Å². The van der Waals surface area contributed by atoms with Gasteiger partial charge in [0.05, 0.1) is 11.7 Å². The molecule has 0 aliphatic rings. The van der Waals surface area contributed by atoms with E-state index in [2.05, 4.69) is 0 Å². The summed E-state index contributed by atoms with van der Waals surface area (Å²) in [7, 11) is 1.70. The fourth-order valence-corrected chi connectivity index (χ4v) is 2.43. The van der Waals surface area contributed by atoms with Crippen LogP contribution in [0.4, 0.5) is 0 Å². The molecule has 1 aromatic rings. The Bertz CT molecular complexity index is 351. The Hall–Kier alpha value is -0.220. The Morgan fingerprint density at radius 3 is 2.50 bits per heavy atom. The third-order valence-electron chi connectivity index (χ3n) is 2.89. The number of rotatable bonds is 7. The molecular formula is C14H21ClO2S. The largest absolute Gasteiger partial charge is 0.392 e. The molecule has 0 saturated heterocycles. The summed E-state index contributed by atoms with van der Waals surface area (Å²) in [4.78, 5) is 1.13. The van der Waals surface area contributed by atoms with Crippen molar-refractivity contribution < 1.29 is 9.84 Å². The van der Waals surface area contributed by atoms with E-state index >= 15 is 0 Å². The zero-order valence-electron chi connectivity index (χ0n) is 11.1. The molecule has 102 valence electrons. The normalized spacial score (nSPS) is 13.6. The lowest BCUT2D eigenvalue weighted by atomic mass is 10.0. The van der Waals surface area contributed by atoms with Crippen LogP contribution in [0.2, 0.25) is 5.02 Å². The molecule has 1 atom stereocenters. The molecule has 0 fully saturated rings. The van der Waals surface area contributed by atoms with Crippen molar-refractivity contribution in [3.8, 4) is 0 Å². The lowest BCUT2D eigenvalue weighted by molar-refractivity contribution is 0.00494. The van der Waals surface area contributed by atoms with Crippen LogP contribution in [0.1, 0.15) is 26.7 Å². The van der Waals surface area contributed by atoms with E-state index in [4.69, 9.17) is 16.3 Å². The van der Waals surface area contributed by atoms with Crippen molar-refractivity contribution in [2.45, 2.75) is 43.3 Å². The van der Waals surface area contributed by atoms with Gasteiger partial charge in [0.2, 0.25) is 0 Å². The lowest BCUT2D eigenvalue weighted by Crippen LogP contribution is -2.25. The van der Waals surface area contributed by atoms with E-state index < -0.39 is 0 Å². The van der Waals surface area contributed by atoms with Gasteiger partial charge in [0.25, 0.3) is 0 Å². The molecule has 0 radical (unpaired) electrons. The zero-order chi connectivity index (χ0) is 13.6. The minimum atomic E-state index is -0.305. The highest BCUT2D eigenvalue weighted by Gasteiger charge is 2.18. The average Bonchev–Trinajstić information content (AvgIpc) is 2.36. The van der Waals surface area contributed by atoms with Gasteiger partial charge < -0.3 is 9.84 Å². The molecule has 0 spiro atoms. The van der Waals surface area contributed by atoms with Crippen LogP contribution in [0.3, 0.4) is 0 Å². The summed E-state index contributed by atoms with van der Waals surface area (Å²) in [5, 5.41) is 10.7. The van der Waals surface area contributed by atoms with Crippen LogP contribution >= 0.6 is 23.4 Å². The SMILES string of the molecule is COC(C)(C)CCC(O)CSc1ccc(Cl)cc1. The van der Waals surface area contributed by atoms with Crippen LogP contribution in [-0.4, -0.2) is 29.7 Å². The summed E-state index contributed by atoms with van der Waals surface area (Å²) >= 11 is 7.46. The van der Waals surface area contributed by atoms with Crippen LogP contribution in [0, 0.1) is 0 Å². The number of hydrogen-bond donors (Lipinski definition) is 1. The Morgan fingerprint density at radius 2 is 1.94 bits per heavy atom. The van der Waals surface area contributed by atoms with Crippen molar-refractivity contribution >= 4 is 23.4 Å². The number of hydrogen-bond acceptors (Lipinski definition) is 3. The first kappa shape index (κ1) is 15.8. The molecule has 1 rings (SSSR count). The molecule has 0 aliphatic heterocycles. The summed E-state index contributed by atoms with van der Waals surface area (Å²) in [6.45, 7) is 4.07. The monoisotopic (exact) mass is 288 g/mol. The summed E-state index contributed by atoms with van der Waals surface area (Å²) in [6.07, 6.45) is 1.30. The number of halogens is 1. The van der Waals surface area contributed by atoms with Crippen LogP contribution in [0.25, 0.3) is 0 Å². The molecule has 4 heteroatoms. The van der Waals surface area contributed by atoms with Crippen LogP contribution < -0.4 is 0 Å². The first-order chi connectivity index (χ1) is 8.43. The van der Waals surface area contributed by atoms with Gasteiger partial charge in [-0.3, -0.25) is 0 Å². The highest BCUT2D eigenvalue weighted by atomic mass is 35.5. The van der Waals surface area contributed by atoms with E-state index in [-0.39, 0.29) is 11.7 Å². The van der Waals surface area contributed by atoms with Gasteiger partial charge >= 0.3 is 0 Å². The van der Waals surface area contributed by atoms with Gasteiger partial charge in [-0.05, 0) is 51.0 Å². The second-order valence-corrected chi connectivity index (χ2v) is 6.45. The molecule has 1 unspecified atom stereocenters. The second-order valence-electron chi connectivity index (χ2n) is 4.92. The molecule has 0 bridgehead atoms. The van der Waals surface area contributed by atoms with Gasteiger partial charge in [0.15, 0.2) is 0 Å². The number of ether oxygens (including phenoxy) is 1. The number of aliphatic hydroxyl groups is 1. The smallest absolute Gasteiger partial charge is 0.0635 e. The molecule has 0 saturated carbocycles. The van der Waals surface area contributed by atoms with Crippen LogP contribution in [0.15, 0.2) is 29.2 Å². The summed E-state index contributed by atoms with van der Waals surface area (Å²) in [5.41, 5.74) is -0.161. The number of benzene rings is 1. The predicted octanol–water partition coefficient (Wildman–Crippen LogP) is 4.00. The Morgan fingerprint density at radius 1 is 1.33 bits per heavy atom. The maximum absolute atomic E-state index is 9.92. The minimum Gasteiger partial charge on any atom is -0.392 e. The highest BCUT2D eigenvalue weighted by Crippen LogP contribution is 2.23. The van der Waals surface area contributed by atoms with Crippen LogP contribution in [-0.2, 0) is 4.74 Å². The van der Waals surface area contributed by atoms with E-state index in [1.165, 1.54) is 0 Å². The molecule has 0 heterocycles. The molecule has 0 aromatic heterocycles. The first-order valence-corrected chi connectivity index (χ1v) is 7.41. The quantitative estimate of drug-likeness (QED) is 0.769. The Kier molecular flexibility index (Phi) is 6.50. The fourth-order valence-electron chi connectivity index (χ4n) is 1.42. The second kappa shape index (κ2) is 7.39. The molecule has 1 N–H and O–H groups in total. The van der Waals surface area contributed by atoms with Crippen molar-refractivity contribution in [1.29, 1.82) is 0 Å². The number of methoxy groups -OCH3 is 1. The number of aliphatic hydroxyl groups excluding tert-OH is 1. The maximum Gasteiger partial charge on any atom is 0.0635 e. The van der Waals surface area contributed by atoms with Gasteiger partial charge in [-0.2, -0.15) is 0 Å². The summed E-state index contributed by atoms with van der Waals surface area (Å²) in [6, 6.07) is 7.67. The third-order valence-corrected chi connectivity index (χ3v) is 4.30. The van der Waals surface area contributed by atoms with E-state index in [1.807, 2.05) is 38.1 Å². The minimum absolute atomic E-state index is 0.161. The van der Waals surface area contributed by atoms with Crippen molar-refractivity contribution in [2.24, 2.45) is 0 Å². The predicted molar refractivity (Wildman–Crippen MR) is 78.5 cm³/mol. The zero-order valence-corrected chi connectivity index (χ0v) is 12.7. The summed E-state index contributed by atoms with van der Waals surface area (Å²) in [5.74, 6) is 0.696. The fraction of sp³-hybridized carbons (Fsp3) is 0.571. The standard InChI is InChI=1S/C14H21ClO2S/c1-14(2,17-3)9-8-12(16)10-18-13-6-4-11(15)5-7-13/h4-7,12,16H,8-10H2,1-3H3.